The van der Waals surface area contributed by atoms with E-state index in [1.165, 1.54) is 37.8 Å². The lowest BCUT2D eigenvalue weighted by Gasteiger charge is -2.22. The second kappa shape index (κ2) is 10.3. The molecule has 2 N–H and O–H groups in total. The summed E-state index contributed by atoms with van der Waals surface area (Å²) in [5.74, 6) is 2.83. The predicted octanol–water partition coefficient (Wildman–Crippen LogP) is 5.01. The van der Waals surface area contributed by atoms with E-state index in [0.29, 0.717) is 47.2 Å². The zero-order valence-corrected chi connectivity index (χ0v) is 19.5. The molecule has 31 heavy (non-hydrogen) atoms. The molecule has 0 spiro atoms. The monoisotopic (exact) mass is 479 g/mol. The highest BCUT2D eigenvalue weighted by atomic mass is 35.5. The summed E-state index contributed by atoms with van der Waals surface area (Å²) < 4.78 is 36.8. The third-order valence-corrected chi connectivity index (χ3v) is 8.38. The van der Waals surface area contributed by atoms with Crippen LogP contribution in [-0.4, -0.2) is 32.6 Å². The van der Waals surface area contributed by atoms with Gasteiger partial charge in [0.1, 0.15) is 17.3 Å². The van der Waals surface area contributed by atoms with E-state index in [2.05, 4.69) is 14.4 Å². The highest BCUT2D eigenvalue weighted by Crippen LogP contribution is 2.37. The van der Waals surface area contributed by atoms with Gasteiger partial charge in [-0.2, -0.15) is 0 Å². The number of amidine groups is 1. The van der Waals surface area contributed by atoms with Crippen molar-refractivity contribution < 1.29 is 13.2 Å². The third-order valence-electron chi connectivity index (χ3n) is 5.46. The maximum atomic E-state index is 12.5. The first-order chi connectivity index (χ1) is 15.0. The molecule has 1 aliphatic carbocycles. The van der Waals surface area contributed by atoms with Crippen LogP contribution in [-0.2, 0) is 10.0 Å². The number of sulfonamides is 1. The normalized spacial score (nSPS) is 22.2. The van der Waals surface area contributed by atoms with Gasteiger partial charge in [-0.15, -0.1) is 0 Å². The first-order valence-electron chi connectivity index (χ1n) is 10.5. The molecule has 0 bridgehead atoms. The van der Waals surface area contributed by atoms with Gasteiger partial charge in [0.2, 0.25) is 10.0 Å². The molecule has 2 aliphatic rings. The van der Waals surface area contributed by atoms with Crippen LogP contribution in [0.3, 0.4) is 0 Å². The van der Waals surface area contributed by atoms with Crippen molar-refractivity contribution in [2.24, 2.45) is 10.9 Å². The highest BCUT2D eigenvalue weighted by Gasteiger charge is 2.35. The van der Waals surface area contributed by atoms with Crippen LogP contribution in [0.15, 0.2) is 58.4 Å². The molecule has 2 fully saturated rings. The van der Waals surface area contributed by atoms with E-state index in [-0.39, 0.29) is 4.90 Å². The first kappa shape index (κ1) is 22.5. The largest absolute Gasteiger partial charge is 0.457 e. The number of nitrogens with one attached hydrogen (secondary N) is 2. The topological polar surface area (TPSA) is 79.8 Å². The van der Waals surface area contributed by atoms with Crippen molar-refractivity contribution in [3.8, 4) is 11.5 Å². The molecule has 4 rings (SSSR count). The van der Waals surface area contributed by atoms with Gasteiger partial charge in [0, 0.05) is 29.3 Å². The number of aliphatic imine (C=N–C) groups is 1. The number of benzene rings is 2. The molecule has 2 unspecified atom stereocenters. The van der Waals surface area contributed by atoms with Crippen LogP contribution >= 0.6 is 23.5 Å². The number of fused-ring (bicyclic) bond motifs is 1. The molecule has 1 saturated heterocycles. The van der Waals surface area contributed by atoms with E-state index in [4.69, 9.17) is 16.3 Å². The highest BCUT2D eigenvalue weighted by molar-refractivity contribution is 7.99. The second-order valence-corrected chi connectivity index (χ2v) is 10.9. The van der Waals surface area contributed by atoms with Crippen molar-refractivity contribution in [3.63, 3.8) is 0 Å². The number of ether oxygens (including phenoxy) is 1. The minimum atomic E-state index is -3.57. The van der Waals surface area contributed by atoms with Crippen LogP contribution in [0.2, 0.25) is 5.02 Å². The Bertz CT molecular complexity index is 1010. The minimum Gasteiger partial charge on any atom is -0.457 e. The van der Waals surface area contributed by atoms with Crippen molar-refractivity contribution in [2.75, 3.05) is 13.1 Å². The number of halogens is 1. The standard InChI is InChI=1S/C22H26ClN3O3S2/c23-16-6-8-17(9-7-16)29-18-10-12-19(13-11-18)31(27,28)25-15-3-14-24-22-20-4-1-2-5-21(20)30-26-22/h6-13,20-21,25H,1-5,14-15H2,(H,24,26). The van der Waals surface area contributed by atoms with Gasteiger partial charge in [-0.3, -0.25) is 4.99 Å². The molecule has 2 atom stereocenters. The van der Waals surface area contributed by atoms with Crippen molar-refractivity contribution in [1.29, 1.82) is 0 Å². The van der Waals surface area contributed by atoms with Gasteiger partial charge < -0.3 is 9.46 Å². The Labute approximate surface area is 193 Å². The molecule has 0 amide bonds. The Morgan fingerprint density at radius 3 is 2.48 bits per heavy atom. The molecular weight excluding hydrogens is 454 g/mol. The Balaban J connectivity index is 1.25. The summed E-state index contributed by atoms with van der Waals surface area (Å²) in [6.45, 7) is 0.964. The van der Waals surface area contributed by atoms with Gasteiger partial charge in [0.05, 0.1) is 4.90 Å². The minimum absolute atomic E-state index is 0.209. The molecule has 2 aromatic rings. The van der Waals surface area contributed by atoms with Crippen molar-refractivity contribution in [3.05, 3.63) is 53.6 Å². The fourth-order valence-electron chi connectivity index (χ4n) is 3.81. The van der Waals surface area contributed by atoms with E-state index >= 15 is 0 Å². The summed E-state index contributed by atoms with van der Waals surface area (Å²) in [5.41, 5.74) is 0. The molecule has 166 valence electrons. The maximum Gasteiger partial charge on any atom is 0.240 e. The summed E-state index contributed by atoms with van der Waals surface area (Å²) >= 11 is 7.66. The lowest BCUT2D eigenvalue weighted by molar-refractivity contribution is 0.456. The lowest BCUT2D eigenvalue weighted by Crippen LogP contribution is -2.27. The lowest BCUT2D eigenvalue weighted by atomic mass is 9.88. The van der Waals surface area contributed by atoms with Crippen LogP contribution in [0.25, 0.3) is 0 Å². The molecule has 2 aromatic carbocycles. The zero-order chi connectivity index (χ0) is 21.7. The average Bonchev–Trinajstić information content (AvgIpc) is 3.19. The van der Waals surface area contributed by atoms with Crippen LogP contribution in [0.4, 0.5) is 0 Å². The zero-order valence-electron chi connectivity index (χ0n) is 17.1. The average molecular weight is 480 g/mol. The first-order valence-corrected chi connectivity index (χ1v) is 13.2. The summed E-state index contributed by atoms with van der Waals surface area (Å²) in [6, 6.07) is 13.3. The van der Waals surface area contributed by atoms with Crippen LogP contribution in [0.1, 0.15) is 32.1 Å². The van der Waals surface area contributed by atoms with E-state index in [9.17, 15) is 8.42 Å². The summed E-state index contributed by atoms with van der Waals surface area (Å²) in [7, 11) is -3.57. The molecule has 1 heterocycles. The molecule has 9 heteroatoms. The van der Waals surface area contributed by atoms with Crippen LogP contribution < -0.4 is 14.2 Å². The Morgan fingerprint density at radius 1 is 1.06 bits per heavy atom. The number of hydrogen-bond donors (Lipinski definition) is 2. The summed E-state index contributed by atoms with van der Waals surface area (Å²) in [5, 5.41) is 1.28. The molecular formula is C22H26ClN3O3S2. The van der Waals surface area contributed by atoms with Gasteiger partial charge in [-0.25, -0.2) is 13.1 Å². The van der Waals surface area contributed by atoms with E-state index in [1.54, 1.807) is 48.3 Å². The van der Waals surface area contributed by atoms with Gasteiger partial charge >= 0.3 is 0 Å². The van der Waals surface area contributed by atoms with Crippen molar-refractivity contribution >= 4 is 39.4 Å². The summed E-state index contributed by atoms with van der Waals surface area (Å²) in [6.07, 6.45) is 5.69. The maximum absolute atomic E-state index is 12.5. The van der Waals surface area contributed by atoms with Crippen LogP contribution in [0, 0.1) is 5.92 Å². The molecule has 1 aliphatic heterocycles. The van der Waals surface area contributed by atoms with E-state index in [0.717, 1.165) is 5.84 Å². The van der Waals surface area contributed by atoms with Gasteiger partial charge in [0.25, 0.3) is 0 Å². The van der Waals surface area contributed by atoms with Gasteiger partial charge in [-0.1, -0.05) is 24.4 Å². The van der Waals surface area contributed by atoms with Gasteiger partial charge in [-0.05, 0) is 79.7 Å². The fraction of sp³-hybridized carbons (Fsp3) is 0.409. The number of hydrogen-bond acceptors (Lipinski definition) is 5. The number of nitrogens with zero attached hydrogens (tertiary/aromatic N) is 1. The Morgan fingerprint density at radius 2 is 1.74 bits per heavy atom. The molecule has 0 radical (unpaired) electrons. The Kier molecular flexibility index (Phi) is 7.43. The second-order valence-electron chi connectivity index (χ2n) is 7.69. The van der Waals surface area contributed by atoms with E-state index < -0.39 is 10.0 Å². The smallest absolute Gasteiger partial charge is 0.240 e. The van der Waals surface area contributed by atoms with Gasteiger partial charge in [0.15, 0.2) is 0 Å². The quantitative estimate of drug-likeness (QED) is 0.411. The van der Waals surface area contributed by atoms with Crippen molar-refractivity contribution in [2.45, 2.75) is 42.2 Å². The SMILES string of the molecule is O=S(=O)(NCCCN=C1NSC2CCCCC12)c1ccc(Oc2ccc(Cl)cc2)cc1. The predicted molar refractivity (Wildman–Crippen MR) is 127 cm³/mol. The third kappa shape index (κ3) is 5.94. The fourth-order valence-corrected chi connectivity index (χ4v) is 6.21. The Hall–Kier alpha value is -1.74. The molecule has 1 saturated carbocycles. The van der Waals surface area contributed by atoms with E-state index in [1.807, 2.05) is 0 Å². The summed E-state index contributed by atoms with van der Waals surface area (Å²) in [4.78, 5) is 4.89. The number of rotatable bonds is 8. The molecule has 6 nitrogen and oxygen atoms in total. The molecule has 0 aromatic heterocycles. The van der Waals surface area contributed by atoms with Crippen molar-refractivity contribution in [1.82, 2.24) is 9.44 Å². The van der Waals surface area contributed by atoms with Crippen LogP contribution in [0.5, 0.6) is 11.5 Å².